The fraction of sp³-hybridized carbons (Fsp3) is 0.455. The zero-order valence-corrected chi connectivity index (χ0v) is 11.8. The van der Waals surface area contributed by atoms with Gasteiger partial charge >= 0.3 is 0 Å². The summed E-state index contributed by atoms with van der Waals surface area (Å²) in [6, 6.07) is 5.72. The molecule has 1 aromatic carbocycles. The molecule has 0 spiro atoms. The molecule has 0 saturated carbocycles. The second-order valence-electron chi connectivity index (χ2n) is 3.54. The molecule has 0 aliphatic rings. The highest BCUT2D eigenvalue weighted by atomic mass is 79.9. The van der Waals surface area contributed by atoms with E-state index in [0.717, 1.165) is 15.8 Å². The van der Waals surface area contributed by atoms with Crippen LogP contribution in [0.3, 0.4) is 0 Å². The lowest BCUT2D eigenvalue weighted by Crippen LogP contribution is -2.22. The molecule has 2 N–H and O–H groups in total. The smallest absolute Gasteiger partial charge is 0.133 e. The van der Waals surface area contributed by atoms with Gasteiger partial charge in [-0.2, -0.15) is 0 Å². The molecule has 2 unspecified atom stereocenters. The highest BCUT2D eigenvalue weighted by Crippen LogP contribution is 2.26. The van der Waals surface area contributed by atoms with Gasteiger partial charge in [0.15, 0.2) is 0 Å². The van der Waals surface area contributed by atoms with Crippen molar-refractivity contribution in [2.45, 2.75) is 17.9 Å². The SMILES string of the molecule is COc1ccc(CS(=O)C(C)CN)cc1Br. The Morgan fingerprint density at radius 1 is 1.56 bits per heavy atom. The summed E-state index contributed by atoms with van der Waals surface area (Å²) in [4.78, 5) is 0. The second-order valence-corrected chi connectivity index (χ2v) is 6.25. The molecule has 90 valence electrons. The molecule has 0 aromatic heterocycles. The van der Waals surface area contributed by atoms with Gasteiger partial charge in [-0.15, -0.1) is 0 Å². The molecule has 0 aliphatic heterocycles. The lowest BCUT2D eigenvalue weighted by molar-refractivity contribution is 0.412. The van der Waals surface area contributed by atoms with E-state index in [1.54, 1.807) is 7.11 Å². The van der Waals surface area contributed by atoms with Crippen molar-refractivity contribution in [3.05, 3.63) is 28.2 Å². The van der Waals surface area contributed by atoms with Crippen molar-refractivity contribution in [3.8, 4) is 5.75 Å². The Kier molecular flexibility index (Phi) is 5.44. The maximum atomic E-state index is 11.8. The van der Waals surface area contributed by atoms with E-state index in [0.29, 0.717) is 12.3 Å². The summed E-state index contributed by atoms with van der Waals surface area (Å²) < 4.78 is 17.8. The second kappa shape index (κ2) is 6.37. The van der Waals surface area contributed by atoms with Crippen molar-refractivity contribution < 1.29 is 8.95 Å². The van der Waals surface area contributed by atoms with Crippen LogP contribution in [0.15, 0.2) is 22.7 Å². The van der Waals surface area contributed by atoms with Crippen LogP contribution in [0.2, 0.25) is 0 Å². The van der Waals surface area contributed by atoms with E-state index >= 15 is 0 Å². The zero-order chi connectivity index (χ0) is 12.1. The van der Waals surface area contributed by atoms with Crippen molar-refractivity contribution >= 4 is 26.7 Å². The van der Waals surface area contributed by atoms with E-state index in [9.17, 15) is 4.21 Å². The summed E-state index contributed by atoms with van der Waals surface area (Å²) >= 11 is 3.40. The van der Waals surface area contributed by atoms with E-state index in [-0.39, 0.29) is 5.25 Å². The van der Waals surface area contributed by atoms with Crippen molar-refractivity contribution in [1.29, 1.82) is 0 Å². The molecule has 0 aliphatic carbocycles. The first-order valence-corrected chi connectivity index (χ1v) is 7.15. The van der Waals surface area contributed by atoms with Gasteiger partial charge in [-0.05, 0) is 40.5 Å². The number of rotatable bonds is 5. The largest absolute Gasteiger partial charge is 0.496 e. The summed E-state index contributed by atoms with van der Waals surface area (Å²) in [7, 11) is 0.700. The number of benzene rings is 1. The Bertz CT molecular complexity index is 384. The molecular formula is C11H16BrNO2S. The third-order valence-electron chi connectivity index (χ3n) is 2.31. The van der Waals surface area contributed by atoms with Crippen LogP contribution in [0.5, 0.6) is 5.75 Å². The molecule has 0 amide bonds. The minimum absolute atomic E-state index is 0.0286. The van der Waals surface area contributed by atoms with Crippen molar-refractivity contribution in [2.75, 3.05) is 13.7 Å². The topological polar surface area (TPSA) is 52.3 Å². The number of halogens is 1. The predicted octanol–water partition coefficient (Wildman–Crippen LogP) is 2.05. The summed E-state index contributed by atoms with van der Waals surface area (Å²) in [6.07, 6.45) is 0. The van der Waals surface area contributed by atoms with Crippen molar-refractivity contribution in [3.63, 3.8) is 0 Å². The molecule has 5 heteroatoms. The maximum absolute atomic E-state index is 11.8. The summed E-state index contributed by atoms with van der Waals surface area (Å²) in [5, 5.41) is 0.0286. The number of ether oxygens (including phenoxy) is 1. The summed E-state index contributed by atoms with van der Waals surface area (Å²) in [5.74, 6) is 1.31. The van der Waals surface area contributed by atoms with Gasteiger partial charge in [0, 0.05) is 28.3 Å². The van der Waals surface area contributed by atoms with Gasteiger partial charge < -0.3 is 10.5 Å². The summed E-state index contributed by atoms with van der Waals surface area (Å²) in [5.41, 5.74) is 6.50. The average Bonchev–Trinajstić information content (AvgIpc) is 2.28. The minimum Gasteiger partial charge on any atom is -0.496 e. The monoisotopic (exact) mass is 305 g/mol. The molecule has 3 nitrogen and oxygen atoms in total. The minimum atomic E-state index is -0.919. The Morgan fingerprint density at radius 3 is 2.75 bits per heavy atom. The van der Waals surface area contributed by atoms with Crippen LogP contribution in [0.25, 0.3) is 0 Å². The molecule has 1 aromatic rings. The van der Waals surface area contributed by atoms with Gasteiger partial charge in [0.05, 0.1) is 11.6 Å². The maximum Gasteiger partial charge on any atom is 0.133 e. The first kappa shape index (κ1) is 13.7. The van der Waals surface area contributed by atoms with E-state index < -0.39 is 10.8 Å². The zero-order valence-electron chi connectivity index (χ0n) is 9.40. The van der Waals surface area contributed by atoms with Crippen LogP contribution in [-0.4, -0.2) is 23.1 Å². The Morgan fingerprint density at radius 2 is 2.25 bits per heavy atom. The van der Waals surface area contributed by atoms with Gasteiger partial charge in [0.1, 0.15) is 5.75 Å². The van der Waals surface area contributed by atoms with Crippen LogP contribution in [0, 0.1) is 0 Å². The molecule has 0 radical (unpaired) electrons. The van der Waals surface area contributed by atoms with Gasteiger partial charge in [-0.1, -0.05) is 6.07 Å². The lowest BCUT2D eigenvalue weighted by atomic mass is 10.2. The molecule has 0 bridgehead atoms. The number of methoxy groups -OCH3 is 1. The predicted molar refractivity (Wildman–Crippen MR) is 71.1 cm³/mol. The first-order chi connectivity index (χ1) is 7.58. The van der Waals surface area contributed by atoms with E-state index in [1.807, 2.05) is 25.1 Å². The quantitative estimate of drug-likeness (QED) is 0.906. The molecule has 16 heavy (non-hydrogen) atoms. The van der Waals surface area contributed by atoms with Gasteiger partial charge in [0.25, 0.3) is 0 Å². The van der Waals surface area contributed by atoms with Crippen molar-refractivity contribution in [1.82, 2.24) is 0 Å². The van der Waals surface area contributed by atoms with E-state index in [1.165, 1.54) is 0 Å². The van der Waals surface area contributed by atoms with Crippen LogP contribution in [-0.2, 0) is 16.6 Å². The Labute approximate surface area is 107 Å². The van der Waals surface area contributed by atoms with Crippen LogP contribution < -0.4 is 10.5 Å². The van der Waals surface area contributed by atoms with Crippen molar-refractivity contribution in [2.24, 2.45) is 5.73 Å². The Balaban J connectivity index is 2.75. The normalized spacial score (nSPS) is 14.5. The fourth-order valence-electron chi connectivity index (χ4n) is 1.21. The first-order valence-electron chi connectivity index (χ1n) is 4.98. The van der Waals surface area contributed by atoms with Gasteiger partial charge in [-0.3, -0.25) is 4.21 Å². The average molecular weight is 306 g/mol. The number of nitrogens with two attached hydrogens (primary N) is 1. The molecule has 0 heterocycles. The Hall–Kier alpha value is -0.390. The van der Waals surface area contributed by atoms with Crippen LogP contribution in [0.4, 0.5) is 0 Å². The van der Waals surface area contributed by atoms with Gasteiger partial charge in [0.2, 0.25) is 0 Å². The third kappa shape index (κ3) is 3.57. The third-order valence-corrected chi connectivity index (χ3v) is 4.63. The molecule has 0 fully saturated rings. The number of hydrogen-bond donors (Lipinski definition) is 1. The lowest BCUT2D eigenvalue weighted by Gasteiger charge is -2.10. The highest BCUT2D eigenvalue weighted by molar-refractivity contribution is 9.10. The highest BCUT2D eigenvalue weighted by Gasteiger charge is 2.10. The van der Waals surface area contributed by atoms with Gasteiger partial charge in [-0.25, -0.2) is 0 Å². The van der Waals surface area contributed by atoms with E-state index in [4.69, 9.17) is 10.5 Å². The molecular weight excluding hydrogens is 290 g/mol. The van der Waals surface area contributed by atoms with Crippen LogP contribution in [0.1, 0.15) is 12.5 Å². The molecule has 2 atom stereocenters. The van der Waals surface area contributed by atoms with Crippen LogP contribution >= 0.6 is 15.9 Å². The fourth-order valence-corrected chi connectivity index (χ4v) is 2.81. The summed E-state index contributed by atoms with van der Waals surface area (Å²) in [6.45, 7) is 2.35. The molecule has 1 rings (SSSR count). The standard InChI is InChI=1S/C11H16BrNO2S/c1-8(6-13)16(14)7-9-3-4-11(15-2)10(12)5-9/h3-5,8H,6-7,13H2,1-2H3. The number of hydrogen-bond acceptors (Lipinski definition) is 3. The molecule has 0 saturated heterocycles. The van der Waals surface area contributed by atoms with E-state index in [2.05, 4.69) is 15.9 Å².